The molecular weight excluding hydrogens is 402 g/mol. The molecule has 158 valence electrons. The Labute approximate surface area is 182 Å². The first-order valence-electron chi connectivity index (χ1n) is 10.1. The highest BCUT2D eigenvalue weighted by Gasteiger charge is 2.44. The molecule has 0 aliphatic carbocycles. The smallest absolute Gasteiger partial charge is 0.303 e. The molecule has 0 saturated carbocycles. The van der Waals surface area contributed by atoms with Gasteiger partial charge in [0.1, 0.15) is 5.75 Å². The fourth-order valence-electron chi connectivity index (χ4n) is 3.81. The van der Waals surface area contributed by atoms with Crippen molar-refractivity contribution in [3.63, 3.8) is 0 Å². The topological polar surface area (TPSA) is 68.6 Å². The molecule has 5 nitrogen and oxygen atoms in total. The molecule has 3 rings (SSSR count). The molecule has 1 aliphatic rings. The number of carbonyl (C=O) groups is 1. The van der Waals surface area contributed by atoms with Crippen LogP contribution in [0.5, 0.6) is 5.75 Å². The van der Waals surface area contributed by atoms with Gasteiger partial charge in [0.25, 0.3) is 0 Å². The van der Waals surface area contributed by atoms with Crippen LogP contribution in [0.15, 0.2) is 42.5 Å². The first-order chi connectivity index (χ1) is 14.3. The molecule has 30 heavy (non-hydrogen) atoms. The maximum absolute atomic E-state index is 11.6. The van der Waals surface area contributed by atoms with Crippen LogP contribution < -0.4 is 4.74 Å². The quantitative estimate of drug-likeness (QED) is 0.581. The van der Waals surface area contributed by atoms with Crippen molar-refractivity contribution in [1.29, 1.82) is 5.26 Å². The van der Waals surface area contributed by atoms with Crippen LogP contribution in [0.3, 0.4) is 0 Å². The van der Waals surface area contributed by atoms with Crippen molar-refractivity contribution in [1.82, 2.24) is 0 Å². The van der Waals surface area contributed by atoms with Crippen molar-refractivity contribution in [3.8, 4) is 22.9 Å². The second-order valence-corrected chi connectivity index (χ2v) is 8.10. The van der Waals surface area contributed by atoms with Gasteiger partial charge in [0, 0.05) is 12.8 Å². The molecule has 0 radical (unpaired) electrons. The SMILES string of the molecule is CCC1O[C@H](Oc2ccc(-c3ccc(C#N)cc3)cc2Cl)C(OC(C)=O)[C@@H](C)[C@@H]1C. The van der Waals surface area contributed by atoms with Crippen LogP contribution in [0.2, 0.25) is 5.02 Å². The van der Waals surface area contributed by atoms with Crippen molar-refractivity contribution in [3.05, 3.63) is 53.1 Å². The highest BCUT2D eigenvalue weighted by molar-refractivity contribution is 6.32. The Morgan fingerprint density at radius 3 is 2.37 bits per heavy atom. The van der Waals surface area contributed by atoms with E-state index in [4.69, 9.17) is 31.1 Å². The Hall–Kier alpha value is -2.55. The van der Waals surface area contributed by atoms with Crippen LogP contribution in [0.4, 0.5) is 0 Å². The van der Waals surface area contributed by atoms with Gasteiger partial charge in [-0.25, -0.2) is 0 Å². The number of ether oxygens (including phenoxy) is 3. The zero-order valence-corrected chi connectivity index (χ0v) is 18.3. The average molecular weight is 428 g/mol. The summed E-state index contributed by atoms with van der Waals surface area (Å²) in [5.41, 5.74) is 2.46. The lowest BCUT2D eigenvalue weighted by Gasteiger charge is -2.43. The van der Waals surface area contributed by atoms with E-state index >= 15 is 0 Å². The van der Waals surface area contributed by atoms with Crippen LogP contribution in [0, 0.1) is 23.2 Å². The van der Waals surface area contributed by atoms with Crippen molar-refractivity contribution >= 4 is 17.6 Å². The normalized spacial score (nSPS) is 25.9. The van der Waals surface area contributed by atoms with E-state index in [1.54, 1.807) is 18.2 Å². The largest absolute Gasteiger partial charge is 0.459 e. The minimum absolute atomic E-state index is 0.00788. The molecule has 2 aromatic rings. The Balaban J connectivity index is 1.83. The molecule has 5 atom stereocenters. The van der Waals surface area contributed by atoms with E-state index in [1.165, 1.54) is 6.92 Å². The number of hydrogen-bond acceptors (Lipinski definition) is 5. The number of halogens is 1. The van der Waals surface area contributed by atoms with Gasteiger partial charge in [-0.3, -0.25) is 4.79 Å². The molecule has 0 bridgehead atoms. The molecule has 1 heterocycles. The molecule has 0 amide bonds. The van der Waals surface area contributed by atoms with E-state index in [0.717, 1.165) is 17.5 Å². The summed E-state index contributed by atoms with van der Waals surface area (Å²) in [6.07, 6.45) is -0.407. The molecule has 1 fully saturated rings. The number of carbonyl (C=O) groups excluding carboxylic acids is 1. The number of rotatable bonds is 5. The summed E-state index contributed by atoms with van der Waals surface area (Å²) in [5, 5.41) is 9.38. The number of hydrogen-bond donors (Lipinski definition) is 0. The van der Waals surface area contributed by atoms with Gasteiger partial charge in [0.15, 0.2) is 6.10 Å². The summed E-state index contributed by atoms with van der Waals surface area (Å²) >= 11 is 6.51. The van der Waals surface area contributed by atoms with Gasteiger partial charge < -0.3 is 14.2 Å². The molecule has 6 heteroatoms. The van der Waals surface area contributed by atoms with Gasteiger partial charge in [-0.05, 0) is 47.7 Å². The predicted molar refractivity (Wildman–Crippen MR) is 115 cm³/mol. The van der Waals surface area contributed by atoms with Gasteiger partial charge in [-0.2, -0.15) is 5.26 Å². The number of nitrogens with zero attached hydrogens (tertiary/aromatic N) is 1. The molecule has 1 aliphatic heterocycles. The molecule has 0 aromatic heterocycles. The number of esters is 1. The lowest BCUT2D eigenvalue weighted by Crippen LogP contribution is -2.53. The molecule has 2 aromatic carbocycles. The highest BCUT2D eigenvalue weighted by atomic mass is 35.5. The van der Waals surface area contributed by atoms with E-state index in [2.05, 4.69) is 26.8 Å². The lowest BCUT2D eigenvalue weighted by molar-refractivity contribution is -0.246. The Bertz CT molecular complexity index is 937. The number of nitriles is 1. The zero-order valence-electron chi connectivity index (χ0n) is 17.6. The third kappa shape index (κ3) is 4.77. The second kappa shape index (κ2) is 9.51. The third-order valence-corrected chi connectivity index (χ3v) is 6.03. The average Bonchev–Trinajstić information content (AvgIpc) is 2.74. The van der Waals surface area contributed by atoms with Gasteiger partial charge in [-0.15, -0.1) is 0 Å². The summed E-state index contributed by atoms with van der Waals surface area (Å²) in [7, 11) is 0. The van der Waals surface area contributed by atoms with E-state index in [9.17, 15) is 4.79 Å². The van der Waals surface area contributed by atoms with E-state index in [-0.39, 0.29) is 23.9 Å². The van der Waals surface area contributed by atoms with Crippen molar-refractivity contribution in [2.24, 2.45) is 11.8 Å². The minimum atomic E-state index is -0.733. The molecular formula is C24H26ClNO4. The van der Waals surface area contributed by atoms with Crippen molar-refractivity contribution < 1.29 is 19.0 Å². The summed E-state index contributed by atoms with van der Waals surface area (Å²) in [5.74, 6) is 0.406. The highest BCUT2D eigenvalue weighted by Crippen LogP contribution is 2.37. The standard InChI is InChI=1S/C24H26ClNO4/c1-5-21-14(2)15(3)23(28-16(4)27)24(29-21)30-22-11-10-19(12-20(22)25)18-8-6-17(13-26)7-9-18/h6-12,14-15,21,23-24H,5H2,1-4H3/t14-,15-,21?,23?,24+/m0/s1. The van der Waals surface area contributed by atoms with E-state index in [1.807, 2.05) is 24.3 Å². The lowest BCUT2D eigenvalue weighted by atomic mass is 9.82. The minimum Gasteiger partial charge on any atom is -0.459 e. The van der Waals surface area contributed by atoms with Crippen molar-refractivity contribution in [2.75, 3.05) is 0 Å². The summed E-state index contributed by atoms with van der Waals surface area (Å²) in [6.45, 7) is 7.61. The Morgan fingerprint density at radius 1 is 1.13 bits per heavy atom. The zero-order chi connectivity index (χ0) is 21.8. The molecule has 1 saturated heterocycles. The first kappa shape index (κ1) is 22.1. The van der Waals surface area contributed by atoms with Gasteiger partial charge >= 0.3 is 5.97 Å². The van der Waals surface area contributed by atoms with E-state index in [0.29, 0.717) is 16.3 Å². The van der Waals surface area contributed by atoms with Crippen LogP contribution in [-0.2, 0) is 14.3 Å². The second-order valence-electron chi connectivity index (χ2n) is 7.70. The summed E-state index contributed by atoms with van der Waals surface area (Å²) < 4.78 is 17.8. The Morgan fingerprint density at radius 2 is 1.80 bits per heavy atom. The van der Waals surface area contributed by atoms with Crippen molar-refractivity contribution in [2.45, 2.75) is 52.6 Å². The van der Waals surface area contributed by atoms with Crippen LogP contribution in [0.1, 0.15) is 39.7 Å². The summed E-state index contributed by atoms with van der Waals surface area (Å²) in [4.78, 5) is 11.6. The molecule has 0 spiro atoms. The van der Waals surface area contributed by atoms with Gasteiger partial charge in [-0.1, -0.05) is 50.6 Å². The predicted octanol–water partition coefficient (Wildman–Crippen LogP) is 5.60. The summed E-state index contributed by atoms with van der Waals surface area (Å²) in [6, 6.07) is 14.9. The molecule has 2 unspecified atom stereocenters. The third-order valence-electron chi connectivity index (χ3n) is 5.74. The van der Waals surface area contributed by atoms with Crippen LogP contribution >= 0.6 is 11.6 Å². The van der Waals surface area contributed by atoms with Crippen LogP contribution in [-0.4, -0.2) is 24.5 Å². The van der Waals surface area contributed by atoms with Gasteiger partial charge in [0.05, 0.1) is 22.8 Å². The van der Waals surface area contributed by atoms with Crippen LogP contribution in [0.25, 0.3) is 11.1 Å². The Kier molecular flexibility index (Phi) is 7.02. The maximum atomic E-state index is 11.6. The monoisotopic (exact) mass is 427 g/mol. The van der Waals surface area contributed by atoms with Gasteiger partial charge in [0.2, 0.25) is 6.29 Å². The first-order valence-corrected chi connectivity index (χ1v) is 10.5. The number of benzene rings is 2. The fraction of sp³-hybridized carbons (Fsp3) is 0.417. The fourth-order valence-corrected chi connectivity index (χ4v) is 4.04. The van der Waals surface area contributed by atoms with E-state index < -0.39 is 12.4 Å². The maximum Gasteiger partial charge on any atom is 0.303 e. The molecule has 0 N–H and O–H groups in total.